The number of phenolic OH excluding ortho intramolecular Hbond substituents is 1. The van der Waals surface area contributed by atoms with Crippen LogP contribution >= 0.6 is 6.83 Å². The summed E-state index contributed by atoms with van der Waals surface area (Å²) in [6, 6.07) is -1.10. The van der Waals surface area contributed by atoms with E-state index in [1.54, 1.807) is 0 Å². The Hall–Kier alpha value is -8.05. The van der Waals surface area contributed by atoms with E-state index in [-0.39, 0.29) is 0 Å². The second-order valence-corrected chi connectivity index (χ2v) is 17.7. The van der Waals surface area contributed by atoms with Gasteiger partial charge in [-0.25, -0.2) is 0 Å². The third kappa shape index (κ3) is 12.5. The molecule has 0 spiro atoms. The summed E-state index contributed by atoms with van der Waals surface area (Å²) < 4.78 is 6.51. The first-order chi connectivity index (χ1) is 28.1. The average molecular weight is 893 g/mol. The average Bonchev–Trinajstić information content (AvgIpc) is 3.18. The van der Waals surface area contributed by atoms with Crippen molar-refractivity contribution in [2.45, 2.75) is 0 Å². The van der Waals surface area contributed by atoms with Gasteiger partial charge in [0, 0.05) is 0 Å². The molecule has 61 heavy (non-hydrogen) atoms. The smallest absolute Gasteiger partial charge is 0.324 e. The second-order valence-electron chi connectivity index (χ2n) is 12.7. The van der Waals surface area contributed by atoms with Crippen molar-refractivity contribution in [2.75, 3.05) is 81.5 Å². The predicted molar refractivity (Wildman–Crippen MR) is 210 cm³/mol. The minimum Gasteiger partial charge on any atom is -0.497 e. The first-order valence-electron chi connectivity index (χ1n) is 16.5. The predicted octanol–water partition coefficient (Wildman–Crippen LogP) is 2.29. The van der Waals surface area contributed by atoms with Crippen LogP contribution in [0.4, 0.5) is 53.3 Å². The molecule has 0 fully saturated rings. The molecule has 32 nitrogen and oxygen atoms in total. The van der Waals surface area contributed by atoms with Gasteiger partial charge in [0.25, 0.3) is 11.4 Å². The Kier molecular flexibility index (Phi) is 17.2. The minimum absolute atomic E-state index is 0.447. The number of hydrogen-bond donors (Lipinski definition) is 5. The molecule has 336 valence electrons. The number of benzene rings is 2. The van der Waals surface area contributed by atoms with Gasteiger partial charge in [-0.3, -0.25) is 30.3 Å². The van der Waals surface area contributed by atoms with Crippen LogP contribution in [0.25, 0.3) is 0 Å². The fourth-order valence-electron chi connectivity index (χ4n) is 5.84. The molecule has 5 N–H and O–H groups in total. The van der Waals surface area contributed by atoms with E-state index in [0.717, 1.165) is 19.6 Å². The maximum absolute atomic E-state index is 12.9. The van der Waals surface area contributed by atoms with Crippen LogP contribution in [0.1, 0.15) is 0 Å². The van der Waals surface area contributed by atoms with Gasteiger partial charge in [0.15, 0.2) is 0 Å². The number of nitro groups is 6. The third-order valence-electron chi connectivity index (χ3n) is 8.17. The number of carbonyl (C=O) groups excluding carboxylic acids is 4. The molecular weight excluding hydrogens is 851 g/mol. The molecule has 0 aliphatic rings. The Labute approximate surface area is 342 Å². The summed E-state index contributed by atoms with van der Waals surface area (Å²) in [6.45, 7) is -5.01. The quantitative estimate of drug-likeness (QED) is 0.0916. The SMILES string of the molecule is CNC(=O)N(C)CP(CN(C)C(=O)NC)(CN(C)C(=O)NC)(CN(C)C(=O)NC)Oc1c([N+](=O)[O-])cc([N+](=O)[O-])cc1[N+](=O)[O-].O=[N+]([O-])c1cc([N+](=O)[O-])c(O)c([N+](=O)[O-])c1. The number of phenols is 1. The molecule has 2 aromatic rings. The van der Waals surface area contributed by atoms with E-state index in [9.17, 15) is 79.9 Å². The Morgan fingerprint density at radius 2 is 0.738 bits per heavy atom. The minimum atomic E-state index is -5.01. The maximum atomic E-state index is 12.9. The molecule has 8 amide bonds. The molecule has 0 radical (unpaired) electrons. The van der Waals surface area contributed by atoms with Gasteiger partial charge in [-0.1, -0.05) is 0 Å². The number of hydrogen-bond acceptors (Lipinski definition) is 18. The van der Waals surface area contributed by atoms with E-state index in [4.69, 9.17) is 9.63 Å². The number of amides is 8. The van der Waals surface area contributed by atoms with Gasteiger partial charge in [-0.05, 0) is 0 Å². The molecule has 0 bridgehead atoms. The molecule has 0 aromatic heterocycles. The van der Waals surface area contributed by atoms with E-state index < -0.39 is 131 Å². The molecule has 0 heterocycles. The molecule has 0 atom stereocenters. The van der Waals surface area contributed by atoms with Crippen LogP contribution in [0.15, 0.2) is 24.3 Å². The maximum Gasteiger partial charge on any atom is 0.324 e. The summed E-state index contributed by atoms with van der Waals surface area (Å²) >= 11 is 0. The number of rotatable bonds is 16. The van der Waals surface area contributed by atoms with Crippen molar-refractivity contribution in [3.63, 3.8) is 0 Å². The van der Waals surface area contributed by atoms with Gasteiger partial charge in [-0.2, -0.15) is 0 Å². The Morgan fingerprint density at radius 3 is 0.934 bits per heavy atom. The zero-order chi connectivity index (χ0) is 47.3. The molecular formula is C28H41N14O18P. The normalized spacial score (nSPS) is 11.0. The van der Waals surface area contributed by atoms with Crippen molar-refractivity contribution in [1.29, 1.82) is 0 Å². The molecule has 2 rings (SSSR count). The van der Waals surface area contributed by atoms with E-state index >= 15 is 0 Å². The van der Waals surface area contributed by atoms with Crippen molar-refractivity contribution in [1.82, 2.24) is 40.9 Å². The van der Waals surface area contributed by atoms with Crippen LogP contribution < -0.4 is 25.8 Å². The zero-order valence-corrected chi connectivity index (χ0v) is 34.3. The third-order valence-corrected chi connectivity index (χ3v) is 13.4. The summed E-state index contributed by atoms with van der Waals surface area (Å²) in [7, 11) is 10.4. The van der Waals surface area contributed by atoms with Gasteiger partial charge in [-0.15, -0.1) is 0 Å². The van der Waals surface area contributed by atoms with Crippen molar-refractivity contribution in [3.8, 4) is 11.5 Å². The summed E-state index contributed by atoms with van der Waals surface area (Å²) in [6.07, 6.45) is -2.22. The molecule has 2 aromatic carbocycles. The number of carbonyl (C=O) groups is 4. The van der Waals surface area contributed by atoms with Crippen molar-refractivity contribution < 1.29 is 58.3 Å². The number of non-ortho nitro benzene ring substituents is 2. The zero-order valence-electron chi connectivity index (χ0n) is 33.4. The summed E-state index contributed by atoms with van der Waals surface area (Å²) in [5.74, 6) is -2.25. The number of urea groups is 4. The van der Waals surface area contributed by atoms with Crippen LogP contribution in [0, 0.1) is 60.7 Å². The Morgan fingerprint density at radius 1 is 0.508 bits per heavy atom. The van der Waals surface area contributed by atoms with Gasteiger partial charge < -0.3 is 5.11 Å². The van der Waals surface area contributed by atoms with Crippen LogP contribution in [0.5, 0.6) is 11.5 Å². The number of nitrogens with zero attached hydrogens (tertiary/aromatic N) is 10. The molecule has 0 aliphatic carbocycles. The number of nitrogens with one attached hydrogen (secondary N) is 4. The van der Waals surface area contributed by atoms with Gasteiger partial charge in [0.05, 0.1) is 26.9 Å². The standard InChI is InChI=1S/C22H38N11O11P.C6H3N3O7/c1-23-19(34)27(5)11-45(12-28(6)20(35)24-2,13-29(7)21(36)25-3,14-30(8)22(37)26-4)44-18-16(32(40)41)9-15(31(38)39)10-17(18)33(42)43;10-6-4(8(13)14)1-3(7(11)12)2-5(6)9(15)16/h9-10H,11-14H2,1-8H3,(H,23,34)(H,24,35)(H,25,36)(H,26,37);1-2,10H. The van der Waals surface area contributed by atoms with Gasteiger partial charge in [0.1, 0.15) is 0 Å². The fourth-order valence-corrected chi connectivity index (χ4v) is 12.1. The summed E-state index contributed by atoms with van der Waals surface area (Å²) in [4.78, 5) is 116. The van der Waals surface area contributed by atoms with Crippen molar-refractivity contribution in [2.24, 2.45) is 0 Å². The molecule has 33 heteroatoms. The van der Waals surface area contributed by atoms with E-state index in [2.05, 4.69) is 21.3 Å². The number of aromatic hydroxyl groups is 1. The molecule has 0 aliphatic heterocycles. The topological polar surface area (TPSA) is 418 Å². The molecule has 0 unspecified atom stereocenters. The fraction of sp³-hybridized carbons (Fsp3) is 0.429. The van der Waals surface area contributed by atoms with E-state index in [1.807, 2.05) is 0 Å². The van der Waals surface area contributed by atoms with E-state index in [0.29, 0.717) is 24.3 Å². The van der Waals surface area contributed by atoms with Gasteiger partial charge in [0.2, 0.25) is 0 Å². The Bertz CT molecular complexity index is 1950. The monoisotopic (exact) mass is 892 g/mol. The van der Waals surface area contributed by atoms with Crippen LogP contribution in [-0.2, 0) is 0 Å². The van der Waals surface area contributed by atoms with Crippen molar-refractivity contribution >= 4 is 65.1 Å². The first-order valence-corrected chi connectivity index (χ1v) is 19.4. The van der Waals surface area contributed by atoms with Crippen LogP contribution in [-0.4, -0.2) is 160 Å². The Balaban J connectivity index is 0.000000966. The number of nitro benzene ring substituents is 6. The largest absolute Gasteiger partial charge is 0.497 e. The van der Waals surface area contributed by atoms with E-state index in [1.165, 1.54) is 56.4 Å². The first kappa shape index (κ1) is 51.0. The van der Waals surface area contributed by atoms with Crippen LogP contribution in [0.3, 0.4) is 0 Å². The van der Waals surface area contributed by atoms with Crippen LogP contribution in [0.2, 0.25) is 0 Å². The van der Waals surface area contributed by atoms with Gasteiger partial charge >= 0.3 is 268 Å². The summed E-state index contributed by atoms with van der Waals surface area (Å²) in [5, 5.41) is 85.9. The molecule has 0 saturated carbocycles. The second kappa shape index (κ2) is 20.6. The van der Waals surface area contributed by atoms with Crippen molar-refractivity contribution in [3.05, 3.63) is 85.0 Å². The summed E-state index contributed by atoms with van der Waals surface area (Å²) in [5.41, 5.74) is -6.35. The molecule has 0 saturated heterocycles.